The third kappa shape index (κ3) is 3.62. The fourth-order valence-electron chi connectivity index (χ4n) is 3.13. The Balaban J connectivity index is 1.55. The molecule has 3 aromatic rings. The summed E-state index contributed by atoms with van der Waals surface area (Å²) in [5, 5.41) is 10.2. The van der Waals surface area contributed by atoms with E-state index in [1.165, 1.54) is 7.05 Å². The number of aromatic nitrogens is 4. The summed E-state index contributed by atoms with van der Waals surface area (Å²) in [6.07, 6.45) is -0.932. The number of aryl methyl sites for hydroxylation is 2. The molecule has 1 N–H and O–H groups in total. The van der Waals surface area contributed by atoms with Gasteiger partial charge in [0.05, 0.1) is 0 Å². The fourth-order valence-corrected chi connectivity index (χ4v) is 3.13. The second-order valence-corrected chi connectivity index (χ2v) is 7.04. The number of pyridine rings is 1. The highest BCUT2D eigenvalue weighted by molar-refractivity contribution is 5.93. The number of carbonyl (C=O) groups excluding carboxylic acids is 1. The molecule has 1 fully saturated rings. The molecule has 7 nitrogen and oxygen atoms in total. The topological polar surface area (TPSA) is 85.8 Å². The zero-order valence-electron chi connectivity index (χ0n) is 15.7. The van der Waals surface area contributed by atoms with Crippen molar-refractivity contribution < 1.29 is 22.5 Å². The van der Waals surface area contributed by atoms with Crippen LogP contribution in [0.3, 0.4) is 0 Å². The molecule has 3 heterocycles. The lowest BCUT2D eigenvalue weighted by atomic mass is 10.1. The van der Waals surface area contributed by atoms with Crippen molar-refractivity contribution in [1.82, 2.24) is 25.2 Å². The van der Waals surface area contributed by atoms with Crippen LogP contribution in [-0.2, 0) is 25.2 Å². The molecule has 0 unspecified atom stereocenters. The van der Waals surface area contributed by atoms with Gasteiger partial charge in [-0.2, -0.15) is 18.3 Å². The van der Waals surface area contributed by atoms with Gasteiger partial charge in [-0.05, 0) is 31.4 Å². The first-order chi connectivity index (χ1) is 13.7. The zero-order valence-corrected chi connectivity index (χ0v) is 15.7. The average molecular weight is 405 g/mol. The van der Waals surface area contributed by atoms with Crippen LogP contribution in [-0.4, -0.2) is 25.8 Å². The van der Waals surface area contributed by atoms with Gasteiger partial charge in [0.25, 0.3) is 5.91 Å². The summed E-state index contributed by atoms with van der Waals surface area (Å²) in [6, 6.07) is 6.20. The molecule has 0 radical (unpaired) electrons. The summed E-state index contributed by atoms with van der Waals surface area (Å²) in [6.45, 7) is 2.00. The molecule has 0 aliphatic heterocycles. The molecule has 1 amide bonds. The lowest BCUT2D eigenvalue weighted by Crippen LogP contribution is -2.35. The van der Waals surface area contributed by atoms with Crippen molar-refractivity contribution in [2.75, 3.05) is 0 Å². The van der Waals surface area contributed by atoms with Gasteiger partial charge in [0.15, 0.2) is 11.5 Å². The van der Waals surface area contributed by atoms with Crippen LogP contribution in [0, 0.1) is 0 Å². The number of amides is 1. The van der Waals surface area contributed by atoms with Crippen molar-refractivity contribution in [1.29, 1.82) is 0 Å². The van der Waals surface area contributed by atoms with Gasteiger partial charge in [0.2, 0.25) is 0 Å². The Hall–Kier alpha value is -3.17. The highest BCUT2D eigenvalue weighted by Crippen LogP contribution is 2.46. The van der Waals surface area contributed by atoms with E-state index in [1.54, 1.807) is 12.3 Å². The minimum Gasteiger partial charge on any atom is -0.358 e. The van der Waals surface area contributed by atoms with E-state index in [4.69, 9.17) is 4.52 Å². The highest BCUT2D eigenvalue weighted by Gasteiger charge is 2.50. The molecular weight excluding hydrogens is 387 g/mol. The fraction of sp³-hybridized carbons (Fsp3) is 0.368. The standard InChI is InChI=1S/C19H18F3N5O2/c1-3-12-8-11(4-7-23-12)13-9-16(29-26-13)18(5-6-18)24-17(28)14-10-15(19(20,21)22)25-27(14)2/h4,7-10H,3,5-6H2,1-2H3,(H,24,28). The molecule has 1 aliphatic rings. The normalized spacial score (nSPS) is 15.3. The summed E-state index contributed by atoms with van der Waals surface area (Å²) >= 11 is 0. The van der Waals surface area contributed by atoms with Crippen LogP contribution in [0.25, 0.3) is 11.3 Å². The number of alkyl halides is 3. The second-order valence-electron chi connectivity index (χ2n) is 7.04. The van der Waals surface area contributed by atoms with E-state index in [9.17, 15) is 18.0 Å². The van der Waals surface area contributed by atoms with Gasteiger partial charge in [-0.15, -0.1) is 0 Å². The molecule has 0 aromatic carbocycles. The molecule has 152 valence electrons. The summed E-state index contributed by atoms with van der Waals surface area (Å²) in [5.74, 6) is -0.183. The van der Waals surface area contributed by atoms with Crippen molar-refractivity contribution in [3.8, 4) is 11.3 Å². The molecule has 0 atom stereocenters. The van der Waals surface area contributed by atoms with Crippen LogP contribution in [0.1, 0.15) is 47.4 Å². The number of halogens is 3. The molecule has 10 heteroatoms. The number of nitrogens with zero attached hydrogens (tertiary/aromatic N) is 4. The van der Waals surface area contributed by atoms with Gasteiger partial charge >= 0.3 is 6.18 Å². The minimum absolute atomic E-state index is 0.176. The number of nitrogens with one attached hydrogen (secondary N) is 1. The smallest absolute Gasteiger partial charge is 0.358 e. The number of hydrogen-bond donors (Lipinski definition) is 1. The van der Waals surface area contributed by atoms with Gasteiger partial charge in [-0.25, -0.2) is 0 Å². The van der Waals surface area contributed by atoms with Crippen LogP contribution in [0.4, 0.5) is 13.2 Å². The highest BCUT2D eigenvalue weighted by atomic mass is 19.4. The van der Waals surface area contributed by atoms with Crippen LogP contribution >= 0.6 is 0 Å². The molecule has 0 bridgehead atoms. The van der Waals surface area contributed by atoms with E-state index in [0.29, 0.717) is 24.3 Å². The lowest BCUT2D eigenvalue weighted by molar-refractivity contribution is -0.141. The first kappa shape index (κ1) is 19.2. The van der Waals surface area contributed by atoms with E-state index in [1.807, 2.05) is 19.1 Å². The summed E-state index contributed by atoms with van der Waals surface area (Å²) < 4.78 is 44.9. The van der Waals surface area contributed by atoms with Crippen molar-refractivity contribution in [3.05, 3.63) is 53.3 Å². The van der Waals surface area contributed by atoms with E-state index < -0.39 is 23.3 Å². The Kier molecular flexibility index (Phi) is 4.44. The summed E-state index contributed by atoms with van der Waals surface area (Å²) in [7, 11) is 1.30. The van der Waals surface area contributed by atoms with Gasteiger partial charge in [-0.3, -0.25) is 14.5 Å². The lowest BCUT2D eigenvalue weighted by Gasteiger charge is -2.13. The predicted molar refractivity (Wildman–Crippen MR) is 95.7 cm³/mol. The van der Waals surface area contributed by atoms with E-state index in [-0.39, 0.29) is 5.69 Å². The van der Waals surface area contributed by atoms with Crippen molar-refractivity contribution >= 4 is 5.91 Å². The van der Waals surface area contributed by atoms with Gasteiger partial charge in [0.1, 0.15) is 16.9 Å². The van der Waals surface area contributed by atoms with Crippen LogP contribution < -0.4 is 5.32 Å². The average Bonchev–Trinajstić information content (AvgIpc) is 3.11. The van der Waals surface area contributed by atoms with Crippen molar-refractivity contribution in [3.63, 3.8) is 0 Å². The van der Waals surface area contributed by atoms with Crippen LogP contribution in [0.2, 0.25) is 0 Å². The van der Waals surface area contributed by atoms with Crippen LogP contribution in [0.5, 0.6) is 0 Å². The summed E-state index contributed by atoms with van der Waals surface area (Å²) in [5.41, 5.74) is 0.309. The van der Waals surface area contributed by atoms with Crippen LogP contribution in [0.15, 0.2) is 35.0 Å². The molecule has 4 rings (SSSR count). The van der Waals surface area contributed by atoms with Gasteiger partial charge < -0.3 is 9.84 Å². The largest absolute Gasteiger partial charge is 0.435 e. The maximum Gasteiger partial charge on any atom is 0.435 e. The van der Waals surface area contributed by atoms with Crippen molar-refractivity contribution in [2.24, 2.45) is 7.05 Å². The SMILES string of the molecule is CCc1cc(-c2cc(C3(NC(=O)c4cc(C(F)(F)F)nn4C)CC3)on2)ccn1. The Morgan fingerprint density at radius 1 is 1.31 bits per heavy atom. The van der Waals surface area contributed by atoms with Crippen molar-refractivity contribution in [2.45, 2.75) is 37.9 Å². The molecule has 1 aliphatic carbocycles. The maximum absolute atomic E-state index is 12.8. The third-order valence-corrected chi connectivity index (χ3v) is 4.96. The van der Waals surface area contributed by atoms with E-state index in [2.05, 4.69) is 20.6 Å². The van der Waals surface area contributed by atoms with Gasteiger partial charge in [0, 0.05) is 36.6 Å². The quantitative estimate of drug-likeness (QED) is 0.703. The molecular formula is C19H18F3N5O2. The Labute approximate surface area is 163 Å². The van der Waals surface area contributed by atoms with E-state index >= 15 is 0 Å². The first-order valence-corrected chi connectivity index (χ1v) is 9.08. The van der Waals surface area contributed by atoms with E-state index in [0.717, 1.165) is 28.4 Å². The number of hydrogen-bond acceptors (Lipinski definition) is 5. The number of rotatable bonds is 5. The Bertz CT molecular complexity index is 1070. The second kappa shape index (κ2) is 6.71. The molecule has 0 spiro atoms. The zero-order chi connectivity index (χ0) is 20.8. The first-order valence-electron chi connectivity index (χ1n) is 9.08. The minimum atomic E-state index is -4.62. The predicted octanol–water partition coefficient (Wildman–Crippen LogP) is 3.47. The molecule has 0 saturated heterocycles. The monoisotopic (exact) mass is 405 g/mol. The third-order valence-electron chi connectivity index (χ3n) is 4.96. The maximum atomic E-state index is 12.8. The van der Waals surface area contributed by atoms with Gasteiger partial charge in [-0.1, -0.05) is 12.1 Å². The Morgan fingerprint density at radius 3 is 2.69 bits per heavy atom. The molecule has 3 aromatic heterocycles. The number of carbonyl (C=O) groups is 1. The molecule has 1 saturated carbocycles. The Morgan fingerprint density at radius 2 is 2.07 bits per heavy atom. The molecule has 29 heavy (non-hydrogen) atoms. The summed E-state index contributed by atoms with van der Waals surface area (Å²) in [4.78, 5) is 16.8.